The minimum absolute atomic E-state index is 0.0750. The van der Waals surface area contributed by atoms with Crippen molar-refractivity contribution in [3.05, 3.63) is 18.2 Å². The number of aliphatic carboxylic acids is 2. The molecule has 0 saturated heterocycles. The molecule has 3 amide bonds. The molecule has 1 rings (SSSR count). The fourth-order valence-corrected chi connectivity index (χ4v) is 2.89. The first-order chi connectivity index (χ1) is 15.8. The predicted molar refractivity (Wildman–Crippen MR) is 117 cm³/mol. The number of nitrogens with zero attached hydrogens (tertiary/aromatic N) is 1. The van der Waals surface area contributed by atoms with Crippen LogP contribution in [0.25, 0.3) is 0 Å². The molecule has 0 aromatic carbocycles. The summed E-state index contributed by atoms with van der Waals surface area (Å²) in [5.74, 6) is -5.51. The Bertz CT molecular complexity index is 857. The molecule has 1 aromatic rings. The van der Waals surface area contributed by atoms with Gasteiger partial charge in [-0.15, -0.1) is 0 Å². The Morgan fingerprint density at radius 2 is 1.62 bits per heavy atom. The number of hydrogen-bond acceptors (Lipinski definition) is 8. The van der Waals surface area contributed by atoms with E-state index in [0.29, 0.717) is 5.69 Å². The average molecular weight is 485 g/mol. The van der Waals surface area contributed by atoms with Gasteiger partial charge in [0.1, 0.15) is 24.2 Å². The summed E-state index contributed by atoms with van der Waals surface area (Å²) in [5, 5.41) is 35.0. The van der Waals surface area contributed by atoms with Crippen LogP contribution >= 0.6 is 0 Å². The summed E-state index contributed by atoms with van der Waals surface area (Å²) in [5.41, 5.74) is 6.04. The second kappa shape index (κ2) is 13.3. The first kappa shape index (κ1) is 28.5. The van der Waals surface area contributed by atoms with Crippen LogP contribution in [0.5, 0.6) is 0 Å². The molecule has 0 fully saturated rings. The fourth-order valence-electron chi connectivity index (χ4n) is 2.89. The number of aliphatic hydroxyl groups is 1. The van der Waals surface area contributed by atoms with Crippen molar-refractivity contribution in [2.45, 2.75) is 70.3 Å². The highest BCUT2D eigenvalue weighted by Gasteiger charge is 2.32. The number of nitrogens with two attached hydrogens (primary N) is 1. The number of aromatic amines is 1. The maximum absolute atomic E-state index is 12.8. The number of carboxylic acids is 2. The van der Waals surface area contributed by atoms with E-state index < -0.39 is 72.3 Å². The molecule has 0 aliphatic heterocycles. The summed E-state index contributed by atoms with van der Waals surface area (Å²) >= 11 is 0. The van der Waals surface area contributed by atoms with Crippen molar-refractivity contribution in [2.75, 3.05) is 0 Å². The molecule has 5 unspecified atom stereocenters. The van der Waals surface area contributed by atoms with Crippen LogP contribution in [0.3, 0.4) is 0 Å². The molecule has 0 aliphatic carbocycles. The third-order valence-corrected chi connectivity index (χ3v) is 4.94. The van der Waals surface area contributed by atoms with Gasteiger partial charge < -0.3 is 42.0 Å². The first-order valence-corrected chi connectivity index (χ1v) is 10.6. The molecule has 1 heterocycles. The highest BCUT2D eigenvalue weighted by molar-refractivity contribution is 5.94. The highest BCUT2D eigenvalue weighted by Crippen LogP contribution is 2.07. The van der Waals surface area contributed by atoms with Crippen LogP contribution in [0.4, 0.5) is 0 Å². The maximum Gasteiger partial charge on any atom is 0.326 e. The van der Waals surface area contributed by atoms with Crippen LogP contribution in [-0.2, 0) is 30.4 Å². The standard InChI is InChI=1S/C20H32N6O8/c1-9(2)16(19(32)25-13(20(33)34)6-11-7-22-8-23-11)26-17(30)12(4-5-14(28)29)24-18(31)15(21)10(3)27/h7-10,12-13,15-16,27H,4-6,21H2,1-3H3,(H,22,23)(H,24,31)(H,25,32)(H,26,30)(H,28,29)(H,33,34). The summed E-state index contributed by atoms with van der Waals surface area (Å²) < 4.78 is 0. The summed E-state index contributed by atoms with van der Waals surface area (Å²) in [4.78, 5) is 67.0. The number of carboxylic acid groups (broad SMARTS) is 2. The van der Waals surface area contributed by atoms with E-state index in [9.17, 15) is 34.2 Å². The number of nitrogens with one attached hydrogen (secondary N) is 4. The molecule has 14 nitrogen and oxygen atoms in total. The second-order valence-electron chi connectivity index (χ2n) is 8.17. The van der Waals surface area contributed by atoms with Crippen LogP contribution in [0, 0.1) is 5.92 Å². The van der Waals surface area contributed by atoms with Gasteiger partial charge in [-0.1, -0.05) is 13.8 Å². The molecule has 0 bridgehead atoms. The fraction of sp³-hybridized carbons (Fsp3) is 0.600. The molecule has 1 aromatic heterocycles. The van der Waals surface area contributed by atoms with Gasteiger partial charge >= 0.3 is 11.9 Å². The van der Waals surface area contributed by atoms with Gasteiger partial charge in [0.05, 0.1) is 12.4 Å². The Hall–Kier alpha value is -3.52. The van der Waals surface area contributed by atoms with Gasteiger partial charge in [-0.05, 0) is 19.3 Å². The molecular weight excluding hydrogens is 452 g/mol. The number of aromatic nitrogens is 2. The van der Waals surface area contributed by atoms with Gasteiger partial charge in [0.15, 0.2) is 0 Å². The molecule has 0 saturated carbocycles. The van der Waals surface area contributed by atoms with E-state index in [0.717, 1.165) is 0 Å². The Morgan fingerprint density at radius 3 is 2.09 bits per heavy atom. The zero-order valence-electron chi connectivity index (χ0n) is 19.1. The molecule has 0 radical (unpaired) electrons. The number of hydrogen-bond donors (Lipinski definition) is 8. The highest BCUT2D eigenvalue weighted by atomic mass is 16.4. The van der Waals surface area contributed by atoms with Crippen LogP contribution in [0.1, 0.15) is 39.3 Å². The minimum Gasteiger partial charge on any atom is -0.481 e. The number of aliphatic hydroxyl groups excluding tert-OH is 1. The van der Waals surface area contributed by atoms with Crippen molar-refractivity contribution in [2.24, 2.45) is 11.7 Å². The Kier molecular flexibility index (Phi) is 11.1. The Morgan fingerprint density at radius 1 is 1.00 bits per heavy atom. The van der Waals surface area contributed by atoms with E-state index in [1.54, 1.807) is 13.8 Å². The summed E-state index contributed by atoms with van der Waals surface area (Å²) in [7, 11) is 0. The van der Waals surface area contributed by atoms with Crippen LogP contribution in [-0.4, -0.2) is 85.2 Å². The lowest BCUT2D eigenvalue weighted by molar-refractivity contribution is -0.142. The lowest BCUT2D eigenvalue weighted by atomic mass is 10.0. The largest absolute Gasteiger partial charge is 0.481 e. The molecule has 0 spiro atoms. The monoisotopic (exact) mass is 484 g/mol. The topological polar surface area (TPSA) is 237 Å². The van der Waals surface area contributed by atoms with E-state index in [2.05, 4.69) is 25.9 Å². The second-order valence-corrected chi connectivity index (χ2v) is 8.17. The molecule has 14 heteroatoms. The zero-order chi connectivity index (χ0) is 26.0. The molecule has 34 heavy (non-hydrogen) atoms. The van der Waals surface area contributed by atoms with E-state index >= 15 is 0 Å². The quantitative estimate of drug-likeness (QED) is 0.141. The van der Waals surface area contributed by atoms with Crippen LogP contribution in [0.2, 0.25) is 0 Å². The molecule has 0 aliphatic rings. The SMILES string of the molecule is CC(C)C(NC(=O)C(CCC(=O)O)NC(=O)C(N)C(C)O)C(=O)NC(Cc1cnc[nH]1)C(=O)O. The molecule has 9 N–H and O–H groups in total. The number of carbonyl (C=O) groups is 5. The van der Waals surface area contributed by atoms with Gasteiger partial charge in [-0.25, -0.2) is 9.78 Å². The Labute approximate surface area is 195 Å². The van der Waals surface area contributed by atoms with Gasteiger partial charge in [0.2, 0.25) is 17.7 Å². The summed E-state index contributed by atoms with van der Waals surface area (Å²) in [6, 6.07) is -5.21. The van der Waals surface area contributed by atoms with E-state index in [1.807, 2.05) is 0 Å². The third kappa shape index (κ3) is 9.15. The maximum atomic E-state index is 12.8. The van der Waals surface area contributed by atoms with Crippen molar-refractivity contribution in [1.82, 2.24) is 25.9 Å². The molecule has 5 atom stereocenters. The number of H-pyrrole nitrogens is 1. The first-order valence-electron chi connectivity index (χ1n) is 10.6. The van der Waals surface area contributed by atoms with Crippen LogP contribution < -0.4 is 21.7 Å². The van der Waals surface area contributed by atoms with Crippen molar-refractivity contribution >= 4 is 29.7 Å². The predicted octanol–water partition coefficient (Wildman–Crippen LogP) is -2.28. The van der Waals surface area contributed by atoms with E-state index in [4.69, 9.17) is 10.8 Å². The molecule has 190 valence electrons. The summed E-state index contributed by atoms with van der Waals surface area (Å²) in [6.07, 6.45) is 0.712. The normalized spacial score (nSPS) is 15.5. The van der Waals surface area contributed by atoms with Crippen molar-refractivity contribution in [1.29, 1.82) is 0 Å². The average Bonchev–Trinajstić information content (AvgIpc) is 3.25. The smallest absolute Gasteiger partial charge is 0.326 e. The van der Waals surface area contributed by atoms with E-state index in [1.165, 1.54) is 19.4 Å². The minimum atomic E-state index is -1.36. The lowest BCUT2D eigenvalue weighted by Crippen LogP contribution is -2.59. The van der Waals surface area contributed by atoms with Crippen molar-refractivity contribution in [3.8, 4) is 0 Å². The van der Waals surface area contributed by atoms with Gasteiger partial charge in [-0.2, -0.15) is 0 Å². The molecular formula is C20H32N6O8. The van der Waals surface area contributed by atoms with E-state index in [-0.39, 0.29) is 12.8 Å². The van der Waals surface area contributed by atoms with Gasteiger partial charge in [0, 0.05) is 24.7 Å². The lowest BCUT2D eigenvalue weighted by Gasteiger charge is -2.27. The summed E-state index contributed by atoms with van der Waals surface area (Å²) in [6.45, 7) is 4.50. The van der Waals surface area contributed by atoms with Crippen molar-refractivity contribution < 1.29 is 39.3 Å². The number of rotatable bonds is 14. The van der Waals surface area contributed by atoms with Crippen LogP contribution in [0.15, 0.2) is 12.5 Å². The van der Waals surface area contributed by atoms with Gasteiger partial charge in [0.25, 0.3) is 0 Å². The third-order valence-electron chi connectivity index (χ3n) is 4.94. The number of carbonyl (C=O) groups excluding carboxylic acids is 3. The number of imidazole rings is 1. The Balaban J connectivity index is 2.96. The van der Waals surface area contributed by atoms with Crippen molar-refractivity contribution in [3.63, 3.8) is 0 Å². The number of amides is 3. The van der Waals surface area contributed by atoms with Gasteiger partial charge in [-0.3, -0.25) is 19.2 Å². The zero-order valence-corrected chi connectivity index (χ0v) is 19.1.